The normalized spacial score (nSPS) is 14.8. The minimum atomic E-state index is -0.764. The van der Waals surface area contributed by atoms with Crippen molar-refractivity contribution in [3.05, 3.63) is 63.9 Å². The van der Waals surface area contributed by atoms with E-state index in [1.54, 1.807) is 37.3 Å². The van der Waals surface area contributed by atoms with Crippen LogP contribution in [0.15, 0.2) is 36.4 Å². The first-order valence-electron chi connectivity index (χ1n) is 11.0. The molecule has 1 saturated carbocycles. The lowest BCUT2D eigenvalue weighted by Crippen LogP contribution is -2.50. The fourth-order valence-electron chi connectivity index (χ4n) is 4.00. The van der Waals surface area contributed by atoms with Gasteiger partial charge >= 0.3 is 0 Å². The Hall–Kier alpha value is -2.60. The average molecular weight is 461 g/mol. The molecule has 0 aromatic heterocycles. The summed E-state index contributed by atoms with van der Waals surface area (Å²) in [6.45, 7) is 5.11. The molecular formula is C25H30ClFN2O3. The summed E-state index contributed by atoms with van der Waals surface area (Å²) in [5.41, 5.74) is 2.04. The summed E-state index contributed by atoms with van der Waals surface area (Å²) >= 11 is 6.20. The fourth-order valence-corrected chi connectivity index (χ4v) is 4.11. The number of hydrogen-bond acceptors (Lipinski definition) is 3. The minimum absolute atomic E-state index is 0.0210. The summed E-state index contributed by atoms with van der Waals surface area (Å²) in [5, 5.41) is 3.68. The Morgan fingerprint density at radius 1 is 1.19 bits per heavy atom. The van der Waals surface area contributed by atoms with E-state index in [2.05, 4.69) is 5.32 Å². The summed E-state index contributed by atoms with van der Waals surface area (Å²) in [4.78, 5) is 27.4. The van der Waals surface area contributed by atoms with Crippen molar-refractivity contribution in [1.82, 2.24) is 10.2 Å². The zero-order valence-electron chi connectivity index (χ0n) is 18.8. The Balaban J connectivity index is 1.75. The third-order valence-corrected chi connectivity index (χ3v) is 6.54. The lowest BCUT2D eigenvalue weighted by molar-refractivity contribution is -0.142. The van der Waals surface area contributed by atoms with Gasteiger partial charge in [-0.3, -0.25) is 9.59 Å². The number of amides is 2. The molecule has 32 heavy (non-hydrogen) atoms. The largest absolute Gasteiger partial charge is 0.484 e. The molecule has 1 aliphatic rings. The third-order valence-electron chi connectivity index (χ3n) is 5.94. The number of carbonyl (C=O) groups excluding carboxylic acids is 2. The molecule has 3 rings (SSSR count). The van der Waals surface area contributed by atoms with Crippen LogP contribution in [-0.2, 0) is 16.1 Å². The first-order chi connectivity index (χ1) is 15.3. The van der Waals surface area contributed by atoms with E-state index < -0.39 is 17.8 Å². The molecule has 0 heterocycles. The van der Waals surface area contributed by atoms with Crippen molar-refractivity contribution in [1.29, 1.82) is 0 Å². The molecule has 1 fully saturated rings. The van der Waals surface area contributed by atoms with Gasteiger partial charge in [0.05, 0.1) is 0 Å². The highest BCUT2D eigenvalue weighted by Crippen LogP contribution is 2.26. The molecule has 2 aromatic rings. The van der Waals surface area contributed by atoms with Gasteiger partial charge in [-0.25, -0.2) is 4.39 Å². The molecule has 1 unspecified atom stereocenters. The number of aryl methyl sites for hydroxylation is 2. The van der Waals surface area contributed by atoms with E-state index in [4.69, 9.17) is 16.3 Å². The number of nitrogens with zero attached hydrogens (tertiary/aromatic N) is 1. The number of rotatable bonds is 8. The van der Waals surface area contributed by atoms with Crippen molar-refractivity contribution < 1.29 is 18.7 Å². The molecule has 1 N–H and O–H groups in total. The molecule has 2 amide bonds. The Morgan fingerprint density at radius 2 is 1.81 bits per heavy atom. The van der Waals surface area contributed by atoms with Gasteiger partial charge in [0.25, 0.3) is 5.91 Å². The van der Waals surface area contributed by atoms with Crippen LogP contribution in [0.3, 0.4) is 0 Å². The lowest BCUT2D eigenvalue weighted by Gasteiger charge is -2.29. The number of carbonyl (C=O) groups is 2. The SMILES string of the molecule is Cc1cc(OCC(=O)N(Cc2ccccc2F)C(C)C(=O)NC2CCCC2)cc(C)c1Cl. The van der Waals surface area contributed by atoms with Gasteiger partial charge < -0.3 is 15.0 Å². The van der Waals surface area contributed by atoms with Crippen molar-refractivity contribution in [2.45, 2.75) is 65.1 Å². The maximum Gasteiger partial charge on any atom is 0.261 e. The zero-order valence-corrected chi connectivity index (χ0v) is 19.5. The smallest absolute Gasteiger partial charge is 0.261 e. The summed E-state index contributed by atoms with van der Waals surface area (Å²) in [6.07, 6.45) is 4.06. The van der Waals surface area contributed by atoms with Crippen LogP contribution in [-0.4, -0.2) is 35.4 Å². The number of nitrogens with one attached hydrogen (secondary N) is 1. The maximum absolute atomic E-state index is 14.3. The molecule has 172 valence electrons. The Morgan fingerprint density at radius 3 is 2.44 bits per heavy atom. The zero-order chi connectivity index (χ0) is 23.3. The predicted octanol–water partition coefficient (Wildman–Crippen LogP) is 4.95. The number of hydrogen-bond donors (Lipinski definition) is 1. The number of ether oxygens (including phenoxy) is 1. The van der Waals surface area contributed by atoms with Crippen LogP contribution >= 0.6 is 11.6 Å². The first-order valence-corrected chi connectivity index (χ1v) is 11.4. The van der Waals surface area contributed by atoms with E-state index in [0.717, 1.165) is 36.8 Å². The predicted molar refractivity (Wildman–Crippen MR) is 123 cm³/mol. The second kappa shape index (κ2) is 10.8. The molecule has 0 radical (unpaired) electrons. The molecule has 0 saturated heterocycles. The van der Waals surface area contributed by atoms with Gasteiger partial charge in [-0.05, 0) is 62.9 Å². The van der Waals surface area contributed by atoms with E-state index in [0.29, 0.717) is 16.3 Å². The average Bonchev–Trinajstić information content (AvgIpc) is 3.27. The standard InChI is InChI=1S/C25H30ClFN2O3/c1-16-12-21(13-17(2)24(16)26)32-15-23(30)29(14-19-8-4-7-11-22(19)27)18(3)25(31)28-20-9-5-6-10-20/h4,7-8,11-13,18,20H,5-6,9-10,14-15H2,1-3H3,(H,28,31). The van der Waals surface area contributed by atoms with Crippen LogP contribution in [0.1, 0.15) is 49.3 Å². The maximum atomic E-state index is 14.3. The Bertz CT molecular complexity index is 952. The van der Waals surface area contributed by atoms with Crippen molar-refractivity contribution in [2.75, 3.05) is 6.61 Å². The van der Waals surface area contributed by atoms with Crippen molar-refractivity contribution >= 4 is 23.4 Å². The summed E-state index contributed by atoms with van der Waals surface area (Å²) in [6, 6.07) is 9.16. The molecule has 1 aliphatic carbocycles. The fraction of sp³-hybridized carbons (Fsp3) is 0.440. The van der Waals surface area contributed by atoms with E-state index in [1.807, 2.05) is 13.8 Å². The van der Waals surface area contributed by atoms with E-state index in [1.165, 1.54) is 11.0 Å². The molecule has 5 nitrogen and oxygen atoms in total. The van der Waals surface area contributed by atoms with Crippen molar-refractivity contribution in [3.8, 4) is 5.75 Å². The number of benzene rings is 2. The summed E-state index contributed by atoms with van der Waals surface area (Å²) < 4.78 is 20.0. The van der Waals surface area contributed by atoms with Gasteiger partial charge in [-0.2, -0.15) is 0 Å². The van der Waals surface area contributed by atoms with Gasteiger partial charge in [0, 0.05) is 23.2 Å². The van der Waals surface area contributed by atoms with E-state index in [-0.39, 0.29) is 25.1 Å². The molecule has 0 aliphatic heterocycles. The summed E-state index contributed by atoms with van der Waals surface area (Å²) in [5.74, 6) is -0.530. The van der Waals surface area contributed by atoms with Gasteiger partial charge in [0.2, 0.25) is 5.91 Å². The molecule has 1 atom stereocenters. The highest BCUT2D eigenvalue weighted by molar-refractivity contribution is 6.32. The molecule has 0 spiro atoms. The van der Waals surface area contributed by atoms with Crippen LogP contribution in [0.4, 0.5) is 4.39 Å². The van der Waals surface area contributed by atoms with Gasteiger partial charge in [-0.15, -0.1) is 0 Å². The van der Waals surface area contributed by atoms with Crippen LogP contribution in [0.5, 0.6) is 5.75 Å². The monoisotopic (exact) mass is 460 g/mol. The van der Waals surface area contributed by atoms with Gasteiger partial charge in [0.15, 0.2) is 6.61 Å². The van der Waals surface area contributed by atoms with E-state index in [9.17, 15) is 14.0 Å². The second-order valence-corrected chi connectivity index (χ2v) is 8.82. The minimum Gasteiger partial charge on any atom is -0.484 e. The highest BCUT2D eigenvalue weighted by Gasteiger charge is 2.29. The van der Waals surface area contributed by atoms with Crippen molar-refractivity contribution in [2.24, 2.45) is 0 Å². The highest BCUT2D eigenvalue weighted by atomic mass is 35.5. The lowest BCUT2D eigenvalue weighted by atomic mass is 10.1. The summed E-state index contributed by atoms with van der Waals surface area (Å²) in [7, 11) is 0. The quantitative estimate of drug-likeness (QED) is 0.606. The molecule has 2 aromatic carbocycles. The van der Waals surface area contributed by atoms with Crippen LogP contribution < -0.4 is 10.1 Å². The van der Waals surface area contributed by atoms with Crippen LogP contribution in [0, 0.1) is 19.7 Å². The first kappa shape index (κ1) is 24.1. The Kier molecular flexibility index (Phi) is 8.13. The topological polar surface area (TPSA) is 58.6 Å². The van der Waals surface area contributed by atoms with Gasteiger partial charge in [-0.1, -0.05) is 42.6 Å². The van der Waals surface area contributed by atoms with Crippen molar-refractivity contribution in [3.63, 3.8) is 0 Å². The second-order valence-electron chi connectivity index (χ2n) is 8.44. The van der Waals surface area contributed by atoms with E-state index >= 15 is 0 Å². The van der Waals surface area contributed by atoms with Gasteiger partial charge in [0.1, 0.15) is 17.6 Å². The van der Waals surface area contributed by atoms with Crippen LogP contribution in [0.2, 0.25) is 5.02 Å². The number of halogens is 2. The molecular weight excluding hydrogens is 431 g/mol. The third kappa shape index (κ3) is 6.00. The Labute approximate surface area is 193 Å². The molecule has 7 heteroatoms. The molecule has 0 bridgehead atoms. The van der Waals surface area contributed by atoms with Crippen LogP contribution in [0.25, 0.3) is 0 Å².